The highest BCUT2D eigenvalue weighted by atomic mass is 16.7. The van der Waals surface area contributed by atoms with Gasteiger partial charge in [0, 0.05) is 60.2 Å². The van der Waals surface area contributed by atoms with Crippen LogP contribution >= 0.6 is 0 Å². The molecule has 3 heterocycles. The van der Waals surface area contributed by atoms with Gasteiger partial charge in [0.2, 0.25) is 65.0 Å². The molecule has 590 valence electrons. The molecule has 1 aromatic carbocycles. The van der Waals surface area contributed by atoms with E-state index in [0.29, 0.717) is 82.6 Å². The molecule has 4 rings (SSSR count). The predicted octanol–water partition coefficient (Wildman–Crippen LogP) is -8.73. The average molecular weight is 1490 g/mol. The lowest BCUT2D eigenvalue weighted by atomic mass is 9.97. The first-order chi connectivity index (χ1) is 49.6. The van der Waals surface area contributed by atoms with Crippen molar-refractivity contribution < 1.29 is 132 Å². The number of rotatable bonds is 47. The molecule has 39 nitrogen and oxygen atoms in total. The third-order valence-corrected chi connectivity index (χ3v) is 16.9. The number of ether oxygens (including phenoxy) is 6. The number of carbonyl (C=O) groups is 11. The van der Waals surface area contributed by atoms with E-state index >= 15 is 0 Å². The van der Waals surface area contributed by atoms with Crippen LogP contribution in [0, 0.1) is 0 Å². The standard InChI is InChI=1S/C65H108N12O27/c1-35(81)73-51-57(93)54(90)43(32-78)102-63(51)99-23-13-7-4-10-20-67-48(87)29-70-46(85)27-41(61(97)71-30-49(88)68-21-11-5-8-14-24-100-64-52(74-36(2)82)58(94)55(91)44(33-79)103-64)76-47(86)28-42(77-60(96)40(66)26-38-16-18-39(84)19-17-38)62(98)72-31-50(89)69-22-12-6-9-15-25-101-65-53(75-37(3)83)59(95)56(92)45(34-80)104-65/h16-19,40-45,51-59,63-65,78-80,84,90-95H,4-15,20-34,66H2,1-3H3,(H,67,87)(H,68,88)(H,69,89)(H,70,85)(H,71,97)(H,72,98)(H,73,81)(H,74,82)(H,75,83)(H,76,86)(H,77,96)/t40?,41?,42?,43-,44-,45-,51-,52-,53-,54+,55+,56+,57-,58-,59-,63-,64-,65-/m1/s1. The molecular formula is C65H108N12O27. The first-order valence-corrected chi connectivity index (χ1v) is 34.9. The number of phenols is 1. The number of amides is 11. The molecule has 39 heteroatoms. The molecule has 1 aromatic rings. The molecule has 104 heavy (non-hydrogen) atoms. The third-order valence-electron chi connectivity index (χ3n) is 16.9. The SMILES string of the molecule is CC(=O)N[C@H]1[C@H](OCCCCCCNC(=O)CNC(=O)CC(NC(=O)CC(NC(=O)C(N)Cc2ccc(O)cc2)C(=O)NCC(=O)NCCCCCCO[C@@H]2O[C@H](CO)[C@H](O)[C@H](O)[C@H]2NC(C)=O)C(=O)NCC(=O)NCCCCCCO[C@@H]2O[C@H](CO)[C@H](O)[C@H](O)[C@H]2NC(C)=O)O[C@H](CO)[C@H](O)[C@@H]1O. The first-order valence-electron chi connectivity index (χ1n) is 34.9. The molecule has 3 aliphatic heterocycles. The van der Waals surface area contributed by atoms with E-state index in [9.17, 15) is 104 Å². The maximum Gasteiger partial charge on any atom is 0.243 e. The zero-order valence-corrected chi connectivity index (χ0v) is 58.8. The minimum absolute atomic E-state index is 0.0624. The van der Waals surface area contributed by atoms with Gasteiger partial charge in [0.1, 0.15) is 90.9 Å². The number of benzene rings is 1. The van der Waals surface area contributed by atoms with Crippen LogP contribution in [0.4, 0.5) is 0 Å². The topological polar surface area (TPSA) is 604 Å². The third kappa shape index (κ3) is 32.1. The van der Waals surface area contributed by atoms with Crippen molar-refractivity contribution in [3.05, 3.63) is 29.8 Å². The summed E-state index contributed by atoms with van der Waals surface area (Å²) in [5, 5.41) is 128. The smallest absolute Gasteiger partial charge is 0.243 e. The van der Waals surface area contributed by atoms with Gasteiger partial charge < -0.3 is 144 Å². The van der Waals surface area contributed by atoms with Crippen LogP contribution in [-0.2, 0) is 87.6 Å². The van der Waals surface area contributed by atoms with Crippen molar-refractivity contribution in [2.45, 2.75) is 227 Å². The van der Waals surface area contributed by atoms with E-state index in [1.165, 1.54) is 45.0 Å². The minimum Gasteiger partial charge on any atom is -0.508 e. The van der Waals surface area contributed by atoms with Gasteiger partial charge in [-0.3, -0.25) is 52.7 Å². The van der Waals surface area contributed by atoms with Gasteiger partial charge in [-0.1, -0.05) is 50.7 Å². The molecule has 18 atom stereocenters. The van der Waals surface area contributed by atoms with Crippen molar-refractivity contribution in [3.63, 3.8) is 0 Å². The van der Waals surface area contributed by atoms with E-state index < -0.39 is 227 Å². The maximum atomic E-state index is 14.0. The Morgan fingerprint density at radius 3 is 1.09 bits per heavy atom. The van der Waals surface area contributed by atoms with Crippen LogP contribution in [0.2, 0.25) is 0 Å². The first kappa shape index (κ1) is 88.9. The van der Waals surface area contributed by atoms with Crippen molar-refractivity contribution in [2.75, 3.05) is 78.9 Å². The van der Waals surface area contributed by atoms with Gasteiger partial charge in [-0.25, -0.2) is 0 Å². The molecule has 0 bridgehead atoms. The van der Waals surface area contributed by atoms with Crippen molar-refractivity contribution in [3.8, 4) is 5.75 Å². The number of nitrogens with one attached hydrogen (secondary N) is 11. The number of nitrogens with two attached hydrogens (primary N) is 1. The van der Waals surface area contributed by atoms with Crippen molar-refractivity contribution in [1.82, 2.24) is 58.5 Å². The second kappa shape index (κ2) is 47.9. The van der Waals surface area contributed by atoms with Gasteiger partial charge in [0.05, 0.1) is 58.3 Å². The number of hydrogen-bond donors (Lipinski definition) is 22. The lowest BCUT2D eigenvalue weighted by molar-refractivity contribution is -0.270. The van der Waals surface area contributed by atoms with Gasteiger partial charge in [0.15, 0.2) is 18.9 Å². The Morgan fingerprint density at radius 1 is 0.413 bits per heavy atom. The number of aromatic hydroxyl groups is 1. The summed E-state index contributed by atoms with van der Waals surface area (Å²) < 4.78 is 33.9. The van der Waals surface area contributed by atoms with Crippen molar-refractivity contribution >= 4 is 65.0 Å². The summed E-state index contributed by atoms with van der Waals surface area (Å²) in [5.41, 5.74) is 6.73. The Labute approximate surface area is 601 Å². The van der Waals surface area contributed by atoms with Crippen LogP contribution in [0.15, 0.2) is 24.3 Å². The second-order valence-electron chi connectivity index (χ2n) is 25.5. The van der Waals surface area contributed by atoms with E-state index in [1.54, 1.807) is 0 Å². The highest BCUT2D eigenvalue weighted by molar-refractivity contribution is 5.98. The molecule has 3 aliphatic rings. The van der Waals surface area contributed by atoms with Crippen LogP contribution in [-0.4, -0.2) is 305 Å². The minimum atomic E-state index is -1.78. The zero-order chi connectivity index (χ0) is 76.8. The zero-order valence-electron chi connectivity index (χ0n) is 58.8. The molecule has 0 spiro atoms. The fourth-order valence-corrected chi connectivity index (χ4v) is 11.2. The number of aliphatic hydroxyl groups excluding tert-OH is 9. The number of aliphatic hydroxyl groups is 9. The summed E-state index contributed by atoms with van der Waals surface area (Å²) in [6.07, 6.45) is -11.3. The fraction of sp³-hybridized carbons (Fsp3) is 0.738. The number of phenolic OH excluding ortho intramolecular Hbond substituents is 1. The maximum absolute atomic E-state index is 14.0. The predicted molar refractivity (Wildman–Crippen MR) is 360 cm³/mol. The summed E-state index contributed by atoms with van der Waals surface area (Å²) in [5.74, 6) is -8.63. The molecule has 0 aromatic heterocycles. The Hall–Kier alpha value is -7.45. The summed E-state index contributed by atoms with van der Waals surface area (Å²) in [7, 11) is 0. The second-order valence-corrected chi connectivity index (χ2v) is 25.5. The quantitative estimate of drug-likeness (QED) is 0.0270. The van der Waals surface area contributed by atoms with Gasteiger partial charge in [-0.2, -0.15) is 0 Å². The Morgan fingerprint density at radius 2 is 0.740 bits per heavy atom. The molecule has 3 unspecified atom stereocenters. The summed E-state index contributed by atoms with van der Waals surface area (Å²) in [6, 6.07) is -2.48. The monoisotopic (exact) mass is 1490 g/mol. The average Bonchev–Trinajstić information content (AvgIpc) is 0.822. The van der Waals surface area contributed by atoms with Crippen LogP contribution < -0.4 is 64.2 Å². The number of hydrogen-bond acceptors (Lipinski definition) is 28. The van der Waals surface area contributed by atoms with Crippen molar-refractivity contribution in [2.24, 2.45) is 5.73 Å². The normalized spacial score (nSPS) is 25.3. The van der Waals surface area contributed by atoms with Crippen LogP contribution in [0.25, 0.3) is 0 Å². The highest BCUT2D eigenvalue weighted by Crippen LogP contribution is 2.26. The molecule has 23 N–H and O–H groups in total. The Kier molecular flexibility index (Phi) is 41.0. The van der Waals surface area contributed by atoms with E-state index in [1.807, 2.05) is 0 Å². The van der Waals surface area contributed by atoms with E-state index in [0.717, 1.165) is 0 Å². The Balaban J connectivity index is 1.33. The van der Waals surface area contributed by atoms with Gasteiger partial charge in [0.25, 0.3) is 0 Å². The molecule has 3 saturated heterocycles. The largest absolute Gasteiger partial charge is 0.508 e. The summed E-state index contributed by atoms with van der Waals surface area (Å²) in [6.45, 7) is 0.710. The lowest BCUT2D eigenvalue weighted by Crippen LogP contribution is -2.64. The molecule has 3 fully saturated rings. The van der Waals surface area contributed by atoms with Gasteiger partial charge in [-0.05, 0) is 62.6 Å². The molecule has 11 amide bonds. The summed E-state index contributed by atoms with van der Waals surface area (Å²) >= 11 is 0. The van der Waals surface area contributed by atoms with Crippen LogP contribution in [0.5, 0.6) is 5.75 Å². The molecule has 0 aliphatic carbocycles. The lowest BCUT2D eigenvalue weighted by Gasteiger charge is -2.42. The molecular weight excluding hydrogens is 1380 g/mol. The fourth-order valence-electron chi connectivity index (χ4n) is 11.2. The van der Waals surface area contributed by atoms with Crippen LogP contribution in [0.3, 0.4) is 0 Å². The van der Waals surface area contributed by atoms with E-state index in [2.05, 4.69) is 58.5 Å². The van der Waals surface area contributed by atoms with Crippen LogP contribution in [0.1, 0.15) is 116 Å². The number of carbonyl (C=O) groups excluding carboxylic acids is 11. The van der Waals surface area contributed by atoms with Gasteiger partial charge >= 0.3 is 0 Å². The molecule has 0 saturated carbocycles. The molecule has 0 radical (unpaired) electrons. The number of unbranched alkanes of at least 4 members (excludes halogenated alkanes) is 9. The summed E-state index contributed by atoms with van der Waals surface area (Å²) in [4.78, 5) is 143. The highest BCUT2D eigenvalue weighted by Gasteiger charge is 2.48. The van der Waals surface area contributed by atoms with Gasteiger partial charge in [-0.15, -0.1) is 0 Å². The van der Waals surface area contributed by atoms with E-state index in [4.69, 9.17) is 34.2 Å². The van der Waals surface area contributed by atoms with E-state index in [-0.39, 0.29) is 51.6 Å². The Bertz CT molecular complexity index is 2860. The van der Waals surface area contributed by atoms with Crippen molar-refractivity contribution in [1.29, 1.82) is 0 Å².